The molecule has 5 atom stereocenters. The lowest BCUT2D eigenvalue weighted by atomic mass is 9.55. The summed E-state index contributed by atoms with van der Waals surface area (Å²) in [7, 11) is 0. The molecule has 0 N–H and O–H groups in total. The third-order valence-corrected chi connectivity index (χ3v) is 6.44. The summed E-state index contributed by atoms with van der Waals surface area (Å²) in [5, 5.41) is 0. The summed E-state index contributed by atoms with van der Waals surface area (Å²) in [5.41, 5.74) is 0.167. The molecule has 100 valence electrons. The van der Waals surface area contributed by atoms with Crippen LogP contribution in [0.2, 0.25) is 0 Å². The lowest BCUT2D eigenvalue weighted by Gasteiger charge is -2.51. The van der Waals surface area contributed by atoms with Crippen LogP contribution in [-0.4, -0.2) is 12.2 Å². The van der Waals surface area contributed by atoms with E-state index in [4.69, 9.17) is 4.74 Å². The smallest absolute Gasteiger partial charge is 0.0870 e. The van der Waals surface area contributed by atoms with Crippen molar-refractivity contribution in [1.82, 2.24) is 0 Å². The Morgan fingerprint density at radius 2 is 1.72 bits per heavy atom. The molecule has 1 spiro atoms. The first-order valence-electron chi connectivity index (χ1n) is 8.18. The van der Waals surface area contributed by atoms with Gasteiger partial charge < -0.3 is 4.74 Å². The van der Waals surface area contributed by atoms with Crippen LogP contribution < -0.4 is 0 Å². The van der Waals surface area contributed by atoms with E-state index >= 15 is 0 Å². The normalized spacial score (nSPS) is 51.1. The van der Waals surface area contributed by atoms with Crippen LogP contribution in [0.25, 0.3) is 0 Å². The van der Waals surface area contributed by atoms with Crippen LogP contribution in [0.15, 0.2) is 12.2 Å². The number of fused-ring (bicyclic) bond motifs is 3. The molecule has 0 aromatic rings. The molecular weight excluding hydrogens is 220 g/mol. The highest BCUT2D eigenvalue weighted by molar-refractivity contribution is 5.12. The van der Waals surface area contributed by atoms with Gasteiger partial charge in [0.05, 0.1) is 12.2 Å². The van der Waals surface area contributed by atoms with Gasteiger partial charge in [0.15, 0.2) is 0 Å². The lowest BCUT2D eigenvalue weighted by molar-refractivity contribution is -0.0761. The van der Waals surface area contributed by atoms with E-state index in [0.29, 0.717) is 0 Å². The maximum atomic E-state index is 6.10. The standard InChI is InChI=1S/C17H26O/c1-2-5-15-13(4-1)6-7-14-8-10-17(12-16(14)15)9-3-11-18-17/h3,9,13-16H,1-2,4-8,10-12H2. The monoisotopic (exact) mass is 246 g/mol. The van der Waals surface area contributed by atoms with Crippen molar-refractivity contribution in [2.24, 2.45) is 23.7 Å². The molecule has 3 aliphatic carbocycles. The van der Waals surface area contributed by atoms with Crippen molar-refractivity contribution in [2.75, 3.05) is 6.61 Å². The third-order valence-electron chi connectivity index (χ3n) is 6.44. The van der Waals surface area contributed by atoms with E-state index in [0.717, 1.165) is 30.3 Å². The summed E-state index contributed by atoms with van der Waals surface area (Å²) in [5.74, 6) is 4.14. The van der Waals surface area contributed by atoms with Crippen molar-refractivity contribution in [1.29, 1.82) is 0 Å². The summed E-state index contributed by atoms with van der Waals surface area (Å²) in [6.07, 6.45) is 17.8. The minimum atomic E-state index is 0.167. The van der Waals surface area contributed by atoms with Gasteiger partial charge in [-0.15, -0.1) is 0 Å². The SMILES string of the molecule is C1=CC2(CCC3CCC4CCCCC4C3C2)OC1. The molecule has 3 saturated carbocycles. The second-order valence-electron chi connectivity index (χ2n) is 7.23. The van der Waals surface area contributed by atoms with Gasteiger partial charge in [0, 0.05) is 0 Å². The largest absolute Gasteiger partial charge is 0.367 e. The molecule has 4 aliphatic rings. The van der Waals surface area contributed by atoms with Gasteiger partial charge in [-0.1, -0.05) is 31.4 Å². The van der Waals surface area contributed by atoms with Gasteiger partial charge in [-0.2, -0.15) is 0 Å². The molecule has 3 fully saturated rings. The van der Waals surface area contributed by atoms with E-state index in [1.54, 1.807) is 0 Å². The fraction of sp³-hybridized carbons (Fsp3) is 0.882. The van der Waals surface area contributed by atoms with E-state index < -0.39 is 0 Å². The Kier molecular flexibility index (Phi) is 2.80. The summed E-state index contributed by atoms with van der Waals surface area (Å²) in [6.45, 7) is 0.867. The number of rotatable bonds is 0. The van der Waals surface area contributed by atoms with E-state index in [-0.39, 0.29) is 5.60 Å². The Morgan fingerprint density at radius 3 is 2.56 bits per heavy atom. The molecule has 0 aromatic heterocycles. The van der Waals surface area contributed by atoms with Crippen LogP contribution in [0.3, 0.4) is 0 Å². The van der Waals surface area contributed by atoms with Crippen molar-refractivity contribution < 1.29 is 4.74 Å². The van der Waals surface area contributed by atoms with Crippen LogP contribution in [-0.2, 0) is 4.74 Å². The molecule has 0 saturated heterocycles. The van der Waals surface area contributed by atoms with Crippen LogP contribution >= 0.6 is 0 Å². The predicted octanol–water partition coefficient (Wildman–Crippen LogP) is 4.33. The summed E-state index contributed by atoms with van der Waals surface area (Å²) in [6, 6.07) is 0. The van der Waals surface area contributed by atoms with Crippen molar-refractivity contribution in [3.8, 4) is 0 Å². The Hall–Kier alpha value is -0.300. The van der Waals surface area contributed by atoms with Gasteiger partial charge in [0.1, 0.15) is 0 Å². The quantitative estimate of drug-likeness (QED) is 0.578. The van der Waals surface area contributed by atoms with Gasteiger partial charge in [0.2, 0.25) is 0 Å². The van der Waals surface area contributed by atoms with E-state index in [2.05, 4.69) is 12.2 Å². The highest BCUT2D eigenvalue weighted by Crippen LogP contribution is 2.54. The molecule has 0 amide bonds. The van der Waals surface area contributed by atoms with E-state index in [1.165, 1.54) is 57.8 Å². The first kappa shape index (κ1) is 11.5. The highest BCUT2D eigenvalue weighted by Gasteiger charge is 2.48. The van der Waals surface area contributed by atoms with Crippen LogP contribution in [0.1, 0.15) is 57.8 Å². The van der Waals surface area contributed by atoms with Crippen LogP contribution in [0.4, 0.5) is 0 Å². The molecule has 1 aliphatic heterocycles. The summed E-state index contributed by atoms with van der Waals surface area (Å²) < 4.78 is 6.10. The molecule has 1 heterocycles. The van der Waals surface area contributed by atoms with Crippen molar-refractivity contribution in [2.45, 2.75) is 63.4 Å². The molecule has 1 nitrogen and oxygen atoms in total. The van der Waals surface area contributed by atoms with E-state index in [1.807, 2.05) is 0 Å². The van der Waals surface area contributed by atoms with E-state index in [9.17, 15) is 0 Å². The zero-order valence-corrected chi connectivity index (χ0v) is 11.4. The highest BCUT2D eigenvalue weighted by atomic mass is 16.5. The second kappa shape index (κ2) is 4.37. The topological polar surface area (TPSA) is 9.23 Å². The Labute approximate surface area is 111 Å². The molecule has 1 heteroatoms. The lowest BCUT2D eigenvalue weighted by Crippen LogP contribution is -2.46. The Morgan fingerprint density at radius 1 is 0.889 bits per heavy atom. The minimum absolute atomic E-state index is 0.167. The average molecular weight is 246 g/mol. The maximum absolute atomic E-state index is 6.10. The molecule has 5 unspecified atom stereocenters. The second-order valence-corrected chi connectivity index (χ2v) is 7.23. The Balaban J connectivity index is 1.56. The third kappa shape index (κ3) is 1.78. The molecule has 0 aromatic carbocycles. The van der Waals surface area contributed by atoms with Gasteiger partial charge in [-0.25, -0.2) is 0 Å². The summed E-state index contributed by atoms with van der Waals surface area (Å²) in [4.78, 5) is 0. The number of hydrogen-bond acceptors (Lipinski definition) is 1. The summed E-state index contributed by atoms with van der Waals surface area (Å²) >= 11 is 0. The van der Waals surface area contributed by atoms with Gasteiger partial charge in [0.25, 0.3) is 0 Å². The minimum Gasteiger partial charge on any atom is -0.367 e. The molecular formula is C17H26O. The van der Waals surface area contributed by atoms with Crippen molar-refractivity contribution >= 4 is 0 Å². The fourth-order valence-electron chi connectivity index (χ4n) is 5.56. The first-order valence-corrected chi connectivity index (χ1v) is 8.18. The van der Waals surface area contributed by atoms with Gasteiger partial charge >= 0.3 is 0 Å². The zero-order chi connectivity index (χ0) is 12.0. The number of ether oxygens (including phenoxy) is 1. The fourth-order valence-corrected chi connectivity index (χ4v) is 5.56. The van der Waals surface area contributed by atoms with Crippen LogP contribution in [0.5, 0.6) is 0 Å². The molecule has 18 heavy (non-hydrogen) atoms. The average Bonchev–Trinajstić information content (AvgIpc) is 2.87. The van der Waals surface area contributed by atoms with Crippen molar-refractivity contribution in [3.05, 3.63) is 12.2 Å². The van der Waals surface area contributed by atoms with Gasteiger partial charge in [-0.3, -0.25) is 0 Å². The molecule has 0 radical (unpaired) electrons. The predicted molar refractivity (Wildman–Crippen MR) is 73.3 cm³/mol. The van der Waals surface area contributed by atoms with Crippen LogP contribution in [0, 0.1) is 23.7 Å². The zero-order valence-electron chi connectivity index (χ0n) is 11.4. The van der Waals surface area contributed by atoms with Crippen molar-refractivity contribution in [3.63, 3.8) is 0 Å². The Bertz CT molecular complexity index is 348. The molecule has 4 rings (SSSR count). The number of hydrogen-bond donors (Lipinski definition) is 0. The molecule has 0 bridgehead atoms. The first-order chi connectivity index (χ1) is 8.86. The maximum Gasteiger partial charge on any atom is 0.0870 e. The van der Waals surface area contributed by atoms with Gasteiger partial charge in [-0.05, 0) is 62.2 Å².